The van der Waals surface area contributed by atoms with E-state index in [4.69, 9.17) is 5.11 Å². The third-order valence-electron chi connectivity index (χ3n) is 2.92. The van der Waals surface area contributed by atoms with Crippen molar-refractivity contribution in [1.82, 2.24) is 15.5 Å². The minimum Gasteiger partial charge on any atom is -0.392 e. The van der Waals surface area contributed by atoms with E-state index in [2.05, 4.69) is 15.5 Å². The number of nitrogens with zero attached hydrogens (tertiary/aromatic N) is 1. The van der Waals surface area contributed by atoms with Crippen molar-refractivity contribution < 1.29 is 9.90 Å². The van der Waals surface area contributed by atoms with E-state index < -0.39 is 0 Å². The Balaban J connectivity index is 1.83. The first-order chi connectivity index (χ1) is 10.1. The van der Waals surface area contributed by atoms with Crippen molar-refractivity contribution in [2.75, 3.05) is 0 Å². The highest BCUT2D eigenvalue weighted by molar-refractivity contribution is 7.11. The number of H-pyrrole nitrogens is 1. The van der Waals surface area contributed by atoms with Gasteiger partial charge in [0.25, 0.3) is 0 Å². The fourth-order valence-electron chi connectivity index (χ4n) is 1.96. The van der Waals surface area contributed by atoms with E-state index in [-0.39, 0.29) is 18.6 Å². The Bertz CT molecular complexity index is 630. The topological polar surface area (TPSA) is 78.0 Å². The number of nitrogens with one attached hydrogen (secondary N) is 2. The quantitative estimate of drug-likeness (QED) is 0.715. The van der Waals surface area contributed by atoms with Gasteiger partial charge in [-0.1, -0.05) is 0 Å². The van der Waals surface area contributed by atoms with Crippen LogP contribution in [0.3, 0.4) is 0 Å². The average molecular weight is 305 g/mol. The number of thiophene rings is 1. The van der Waals surface area contributed by atoms with Gasteiger partial charge in [-0.2, -0.15) is 5.10 Å². The minimum absolute atomic E-state index is 0.0150. The molecule has 2 aromatic heterocycles. The Morgan fingerprint density at radius 2 is 2.38 bits per heavy atom. The van der Waals surface area contributed by atoms with Crippen LogP contribution in [0.5, 0.6) is 0 Å². The first-order valence-corrected chi connectivity index (χ1v) is 7.62. The molecule has 2 heterocycles. The molecule has 0 aliphatic rings. The number of aromatic amines is 1. The fraction of sp³-hybridized carbons (Fsp3) is 0.333. The number of amides is 1. The number of hydrogen-bond donors (Lipinski definition) is 3. The Labute approximate surface area is 127 Å². The molecule has 1 amide bonds. The number of hydrogen-bond acceptors (Lipinski definition) is 4. The average Bonchev–Trinajstić information content (AvgIpc) is 3.05. The van der Waals surface area contributed by atoms with Crippen LogP contribution in [0, 0.1) is 6.92 Å². The summed E-state index contributed by atoms with van der Waals surface area (Å²) in [4.78, 5) is 12.8. The van der Waals surface area contributed by atoms with Gasteiger partial charge in [0, 0.05) is 29.1 Å². The second kappa shape index (κ2) is 7.19. The molecule has 0 saturated carbocycles. The molecule has 0 radical (unpaired) electrons. The molecule has 21 heavy (non-hydrogen) atoms. The van der Waals surface area contributed by atoms with Crippen LogP contribution in [-0.2, 0) is 17.8 Å². The van der Waals surface area contributed by atoms with E-state index in [1.807, 2.05) is 31.4 Å². The number of aryl methyl sites for hydroxylation is 1. The summed E-state index contributed by atoms with van der Waals surface area (Å²) in [6.45, 7) is 3.92. The van der Waals surface area contributed by atoms with E-state index in [9.17, 15) is 4.79 Å². The molecule has 3 N–H and O–H groups in total. The Kier molecular flexibility index (Phi) is 5.30. The summed E-state index contributed by atoms with van der Waals surface area (Å²) < 4.78 is 0. The Hall–Kier alpha value is -1.92. The van der Waals surface area contributed by atoms with Crippen molar-refractivity contribution in [3.05, 3.63) is 45.4 Å². The van der Waals surface area contributed by atoms with Gasteiger partial charge in [-0.25, -0.2) is 0 Å². The van der Waals surface area contributed by atoms with Crippen LogP contribution < -0.4 is 5.32 Å². The summed E-state index contributed by atoms with van der Waals surface area (Å²) in [6, 6.07) is 3.85. The molecule has 0 aliphatic carbocycles. The number of rotatable bonds is 6. The lowest BCUT2D eigenvalue weighted by Crippen LogP contribution is -2.32. The lowest BCUT2D eigenvalue weighted by atomic mass is 10.2. The highest BCUT2D eigenvalue weighted by Gasteiger charge is 2.08. The molecule has 1 atom stereocenters. The standard InChI is InChI=1S/C15H19N3O2S/c1-10(5-13-6-11(2)17-18-13)16-15(20)4-3-14-7-12(8-19)9-21-14/h3-4,6-7,9-10,19H,5,8H2,1-2H3,(H,16,20)(H,17,18). The Morgan fingerprint density at radius 3 is 3.00 bits per heavy atom. The summed E-state index contributed by atoms with van der Waals surface area (Å²) in [7, 11) is 0. The number of carbonyl (C=O) groups excluding carboxylic acids is 1. The molecule has 0 spiro atoms. The predicted octanol–water partition coefficient (Wildman–Crippen LogP) is 2.03. The molecular formula is C15H19N3O2S. The normalized spacial score (nSPS) is 12.7. The maximum absolute atomic E-state index is 11.8. The van der Waals surface area contributed by atoms with Gasteiger partial charge in [-0.05, 0) is 43.0 Å². The second-order valence-corrected chi connectivity index (χ2v) is 5.95. The molecule has 2 rings (SSSR count). The SMILES string of the molecule is Cc1cc(CC(C)NC(=O)C=Cc2cc(CO)cs2)n[nH]1. The van der Waals surface area contributed by atoms with Gasteiger partial charge >= 0.3 is 0 Å². The largest absolute Gasteiger partial charge is 0.392 e. The van der Waals surface area contributed by atoms with Crippen molar-refractivity contribution >= 4 is 23.3 Å². The number of carbonyl (C=O) groups is 1. The van der Waals surface area contributed by atoms with Gasteiger partial charge in [0.1, 0.15) is 0 Å². The first-order valence-electron chi connectivity index (χ1n) is 6.74. The summed E-state index contributed by atoms with van der Waals surface area (Å²) in [5.74, 6) is -0.131. The van der Waals surface area contributed by atoms with Crippen LogP contribution in [0.1, 0.15) is 28.8 Å². The van der Waals surface area contributed by atoms with Gasteiger partial charge < -0.3 is 10.4 Å². The fourth-order valence-corrected chi connectivity index (χ4v) is 2.75. The molecule has 0 saturated heterocycles. The zero-order chi connectivity index (χ0) is 15.2. The molecule has 6 heteroatoms. The maximum Gasteiger partial charge on any atom is 0.244 e. The smallest absolute Gasteiger partial charge is 0.244 e. The zero-order valence-corrected chi connectivity index (χ0v) is 12.9. The monoisotopic (exact) mass is 305 g/mol. The third-order valence-corrected chi connectivity index (χ3v) is 3.87. The molecule has 0 fully saturated rings. The summed E-state index contributed by atoms with van der Waals surface area (Å²) >= 11 is 1.50. The van der Waals surface area contributed by atoms with Crippen molar-refractivity contribution in [3.63, 3.8) is 0 Å². The van der Waals surface area contributed by atoms with Gasteiger partial charge in [-0.3, -0.25) is 9.89 Å². The van der Waals surface area contributed by atoms with Gasteiger partial charge in [0.15, 0.2) is 0 Å². The molecule has 0 aromatic carbocycles. The van der Waals surface area contributed by atoms with E-state index in [1.165, 1.54) is 17.4 Å². The van der Waals surface area contributed by atoms with Crippen molar-refractivity contribution in [2.24, 2.45) is 0 Å². The second-order valence-electron chi connectivity index (χ2n) is 5.00. The van der Waals surface area contributed by atoms with Crippen LogP contribution >= 0.6 is 11.3 Å². The van der Waals surface area contributed by atoms with Crippen LogP contribution in [0.4, 0.5) is 0 Å². The van der Waals surface area contributed by atoms with Gasteiger partial charge in [0.2, 0.25) is 5.91 Å². The molecular weight excluding hydrogens is 286 g/mol. The zero-order valence-electron chi connectivity index (χ0n) is 12.1. The van der Waals surface area contributed by atoms with Crippen molar-refractivity contribution in [3.8, 4) is 0 Å². The highest BCUT2D eigenvalue weighted by atomic mass is 32.1. The van der Waals surface area contributed by atoms with Gasteiger partial charge in [0.05, 0.1) is 12.3 Å². The van der Waals surface area contributed by atoms with Crippen molar-refractivity contribution in [2.45, 2.75) is 32.9 Å². The van der Waals surface area contributed by atoms with Crippen molar-refractivity contribution in [1.29, 1.82) is 0 Å². The summed E-state index contributed by atoms with van der Waals surface area (Å²) in [6.07, 6.45) is 3.96. The molecule has 0 bridgehead atoms. The van der Waals surface area contributed by atoms with E-state index in [0.717, 1.165) is 21.8 Å². The van der Waals surface area contributed by atoms with Crippen LogP contribution in [0.2, 0.25) is 0 Å². The lowest BCUT2D eigenvalue weighted by Gasteiger charge is -2.10. The van der Waals surface area contributed by atoms with E-state index in [1.54, 1.807) is 6.08 Å². The summed E-state index contributed by atoms with van der Waals surface area (Å²) in [5, 5.41) is 20.8. The van der Waals surface area contributed by atoms with Gasteiger partial charge in [-0.15, -0.1) is 11.3 Å². The van der Waals surface area contributed by atoms with E-state index in [0.29, 0.717) is 6.42 Å². The minimum atomic E-state index is -0.131. The van der Waals surface area contributed by atoms with Crippen LogP contribution in [-0.4, -0.2) is 27.3 Å². The maximum atomic E-state index is 11.8. The molecule has 1 unspecified atom stereocenters. The molecule has 112 valence electrons. The molecule has 5 nitrogen and oxygen atoms in total. The first kappa shape index (κ1) is 15.5. The van der Waals surface area contributed by atoms with E-state index >= 15 is 0 Å². The predicted molar refractivity (Wildman–Crippen MR) is 83.9 cm³/mol. The van der Waals surface area contributed by atoms with Crippen LogP contribution in [0.25, 0.3) is 6.08 Å². The number of aliphatic hydroxyl groups is 1. The number of aromatic nitrogens is 2. The molecule has 2 aromatic rings. The lowest BCUT2D eigenvalue weighted by molar-refractivity contribution is -0.117. The summed E-state index contributed by atoms with van der Waals surface area (Å²) in [5.41, 5.74) is 2.82. The number of aliphatic hydroxyl groups excluding tert-OH is 1. The highest BCUT2D eigenvalue weighted by Crippen LogP contribution is 2.16. The molecule has 0 aliphatic heterocycles. The Morgan fingerprint density at radius 1 is 1.57 bits per heavy atom. The van der Waals surface area contributed by atoms with Crippen LogP contribution in [0.15, 0.2) is 23.6 Å². The third kappa shape index (κ3) is 4.84.